The predicted octanol–water partition coefficient (Wildman–Crippen LogP) is 2.63. The summed E-state index contributed by atoms with van der Waals surface area (Å²) in [6.45, 7) is 7.21. The van der Waals surface area contributed by atoms with Gasteiger partial charge < -0.3 is 14.4 Å². The monoisotopic (exact) mass is 353 g/mol. The first kappa shape index (κ1) is 18.8. The van der Waals surface area contributed by atoms with Gasteiger partial charge in [-0.3, -0.25) is 9.59 Å². The highest BCUT2D eigenvalue weighted by atomic mass is 35.5. The van der Waals surface area contributed by atoms with E-state index >= 15 is 0 Å². The Hall–Kier alpha value is -1.49. The topological polar surface area (TPSA) is 45.6 Å². The summed E-state index contributed by atoms with van der Waals surface area (Å²) in [4.78, 5) is 28.7. The van der Waals surface area contributed by atoms with Crippen molar-refractivity contribution >= 4 is 23.4 Å². The Morgan fingerprint density at radius 2 is 2.00 bits per heavy atom. The van der Waals surface area contributed by atoms with Crippen LogP contribution in [0.5, 0.6) is 0 Å². The van der Waals surface area contributed by atoms with E-state index in [4.69, 9.17) is 11.6 Å². The van der Waals surface area contributed by atoms with Crippen molar-refractivity contribution < 1.29 is 9.59 Å². The molecule has 1 unspecified atom stereocenters. The van der Waals surface area contributed by atoms with Gasteiger partial charge in [0.05, 0.1) is 6.54 Å². The standard InChI is InChI=1S/C18H28ClN3O2/c1-13(2)10-21(11-16-6-5-9-20(16)4)17(23)12-22(15-7-8-15)18(24)14(3)19/h5-6,9,13-15H,7-8,10-12H2,1-4H3. The number of carbonyl (C=O) groups excluding carboxylic acids is 2. The van der Waals surface area contributed by atoms with Crippen LogP contribution in [0.15, 0.2) is 18.3 Å². The van der Waals surface area contributed by atoms with E-state index < -0.39 is 5.38 Å². The van der Waals surface area contributed by atoms with E-state index in [2.05, 4.69) is 13.8 Å². The molecule has 1 aliphatic rings. The van der Waals surface area contributed by atoms with Gasteiger partial charge in [0.2, 0.25) is 11.8 Å². The van der Waals surface area contributed by atoms with Crippen molar-refractivity contribution in [1.82, 2.24) is 14.4 Å². The fourth-order valence-corrected chi connectivity index (χ4v) is 2.92. The minimum absolute atomic E-state index is 0.0116. The van der Waals surface area contributed by atoms with E-state index in [9.17, 15) is 9.59 Å². The molecular formula is C18H28ClN3O2. The first-order valence-corrected chi connectivity index (χ1v) is 9.05. The number of nitrogens with zero attached hydrogens (tertiary/aromatic N) is 3. The van der Waals surface area contributed by atoms with Gasteiger partial charge >= 0.3 is 0 Å². The molecule has 0 bridgehead atoms. The first-order chi connectivity index (χ1) is 11.3. The Bertz CT molecular complexity index is 579. The molecule has 1 aromatic heterocycles. The van der Waals surface area contributed by atoms with Crippen molar-refractivity contribution in [3.05, 3.63) is 24.0 Å². The lowest BCUT2D eigenvalue weighted by Gasteiger charge is -2.29. The van der Waals surface area contributed by atoms with E-state index in [-0.39, 0.29) is 24.4 Å². The second-order valence-electron chi connectivity index (χ2n) is 7.09. The normalized spacial score (nSPS) is 15.4. The second kappa shape index (κ2) is 8.06. The molecule has 1 heterocycles. The van der Waals surface area contributed by atoms with Crippen molar-refractivity contribution in [2.75, 3.05) is 13.1 Å². The Morgan fingerprint density at radius 1 is 1.33 bits per heavy atom. The number of halogens is 1. The van der Waals surface area contributed by atoms with Gasteiger partial charge in [-0.15, -0.1) is 11.6 Å². The van der Waals surface area contributed by atoms with E-state index in [1.165, 1.54) is 0 Å². The highest BCUT2D eigenvalue weighted by molar-refractivity contribution is 6.30. The van der Waals surface area contributed by atoms with Gasteiger partial charge in [0.25, 0.3) is 0 Å². The van der Waals surface area contributed by atoms with Crippen molar-refractivity contribution in [1.29, 1.82) is 0 Å². The van der Waals surface area contributed by atoms with Gasteiger partial charge in [-0.25, -0.2) is 0 Å². The summed E-state index contributed by atoms with van der Waals surface area (Å²) in [5.41, 5.74) is 1.08. The molecule has 0 spiro atoms. The van der Waals surface area contributed by atoms with E-state index in [1.54, 1.807) is 11.8 Å². The lowest BCUT2D eigenvalue weighted by Crippen LogP contribution is -2.46. The van der Waals surface area contributed by atoms with E-state index in [1.807, 2.05) is 34.8 Å². The average molecular weight is 354 g/mol. The van der Waals surface area contributed by atoms with Crippen LogP contribution in [0.1, 0.15) is 39.3 Å². The quantitative estimate of drug-likeness (QED) is 0.674. The van der Waals surface area contributed by atoms with E-state index in [0.29, 0.717) is 19.0 Å². The van der Waals surface area contributed by atoms with Crippen LogP contribution in [-0.4, -0.2) is 50.7 Å². The molecule has 1 saturated carbocycles. The average Bonchev–Trinajstić information content (AvgIpc) is 3.26. The largest absolute Gasteiger partial charge is 0.353 e. The molecule has 1 atom stereocenters. The zero-order valence-corrected chi connectivity index (χ0v) is 15.8. The van der Waals surface area contributed by atoms with Gasteiger partial charge in [-0.2, -0.15) is 0 Å². The van der Waals surface area contributed by atoms with Gasteiger partial charge in [-0.05, 0) is 37.8 Å². The Labute approximate surface area is 149 Å². The highest BCUT2D eigenvalue weighted by Crippen LogP contribution is 2.28. The fourth-order valence-electron chi connectivity index (χ4n) is 2.80. The molecule has 6 heteroatoms. The van der Waals surface area contributed by atoms with Gasteiger partial charge in [0.15, 0.2) is 0 Å². The van der Waals surface area contributed by atoms with Crippen LogP contribution in [-0.2, 0) is 23.2 Å². The number of hydrogen-bond acceptors (Lipinski definition) is 2. The fraction of sp³-hybridized carbons (Fsp3) is 0.667. The van der Waals surface area contributed by atoms with Gasteiger partial charge in [0, 0.05) is 31.5 Å². The molecule has 1 aliphatic carbocycles. The van der Waals surface area contributed by atoms with Crippen LogP contribution in [0.25, 0.3) is 0 Å². The molecule has 0 aliphatic heterocycles. The van der Waals surface area contributed by atoms with Gasteiger partial charge in [0.1, 0.15) is 11.9 Å². The van der Waals surface area contributed by atoms with Crippen LogP contribution < -0.4 is 0 Å². The lowest BCUT2D eigenvalue weighted by molar-refractivity contribution is -0.141. The molecule has 2 amide bonds. The van der Waals surface area contributed by atoms with Crippen LogP contribution in [0.2, 0.25) is 0 Å². The summed E-state index contributed by atoms with van der Waals surface area (Å²) in [6.07, 6.45) is 3.90. The number of amides is 2. The summed E-state index contributed by atoms with van der Waals surface area (Å²) in [5.74, 6) is 0.213. The smallest absolute Gasteiger partial charge is 0.242 e. The molecule has 24 heavy (non-hydrogen) atoms. The lowest BCUT2D eigenvalue weighted by atomic mass is 10.2. The molecule has 1 aromatic rings. The molecule has 134 valence electrons. The van der Waals surface area contributed by atoms with Crippen LogP contribution >= 0.6 is 11.6 Å². The molecule has 0 N–H and O–H groups in total. The number of rotatable bonds is 8. The molecular weight excluding hydrogens is 326 g/mol. The maximum Gasteiger partial charge on any atom is 0.242 e. The number of aryl methyl sites for hydroxylation is 1. The Balaban J connectivity index is 2.08. The minimum atomic E-state index is -0.593. The summed E-state index contributed by atoms with van der Waals surface area (Å²) in [6, 6.07) is 4.17. The number of aromatic nitrogens is 1. The maximum atomic E-state index is 12.9. The Kier molecular flexibility index (Phi) is 6.33. The molecule has 2 rings (SSSR count). The minimum Gasteiger partial charge on any atom is -0.353 e. The van der Waals surface area contributed by atoms with Crippen LogP contribution in [0.3, 0.4) is 0 Å². The number of hydrogen-bond donors (Lipinski definition) is 0. The third kappa shape index (κ3) is 5.00. The van der Waals surface area contributed by atoms with Crippen molar-refractivity contribution in [2.24, 2.45) is 13.0 Å². The third-order valence-corrected chi connectivity index (χ3v) is 4.45. The predicted molar refractivity (Wildman–Crippen MR) is 95.7 cm³/mol. The van der Waals surface area contributed by atoms with Gasteiger partial charge in [-0.1, -0.05) is 13.8 Å². The molecule has 0 aromatic carbocycles. The summed E-state index contributed by atoms with van der Waals surface area (Å²) < 4.78 is 2.02. The summed E-state index contributed by atoms with van der Waals surface area (Å²) >= 11 is 5.96. The number of alkyl halides is 1. The highest BCUT2D eigenvalue weighted by Gasteiger charge is 2.36. The first-order valence-electron chi connectivity index (χ1n) is 8.62. The summed E-state index contributed by atoms with van der Waals surface area (Å²) in [5, 5.41) is -0.593. The van der Waals surface area contributed by atoms with Crippen LogP contribution in [0.4, 0.5) is 0 Å². The molecule has 0 radical (unpaired) electrons. The molecule has 0 saturated heterocycles. The SMILES string of the molecule is CC(C)CN(Cc1cccn1C)C(=O)CN(C(=O)C(C)Cl)C1CC1. The zero-order chi connectivity index (χ0) is 17.9. The van der Waals surface area contributed by atoms with E-state index in [0.717, 1.165) is 18.5 Å². The third-order valence-electron chi connectivity index (χ3n) is 4.26. The second-order valence-corrected chi connectivity index (χ2v) is 7.75. The summed E-state index contributed by atoms with van der Waals surface area (Å²) in [7, 11) is 1.97. The van der Waals surface area contributed by atoms with Crippen molar-refractivity contribution in [3.8, 4) is 0 Å². The zero-order valence-electron chi connectivity index (χ0n) is 15.0. The molecule has 1 fully saturated rings. The number of carbonyl (C=O) groups is 2. The Morgan fingerprint density at radius 3 is 2.46 bits per heavy atom. The molecule has 5 nitrogen and oxygen atoms in total. The van der Waals surface area contributed by atoms with Crippen LogP contribution in [0, 0.1) is 5.92 Å². The van der Waals surface area contributed by atoms with Crippen molar-refractivity contribution in [2.45, 2.75) is 51.6 Å². The maximum absolute atomic E-state index is 12.9. The van der Waals surface area contributed by atoms with Crippen molar-refractivity contribution in [3.63, 3.8) is 0 Å².